The molecule has 2 amide bonds. The summed E-state index contributed by atoms with van der Waals surface area (Å²) in [5, 5.41) is 9.67. The van der Waals surface area contributed by atoms with Gasteiger partial charge in [-0.25, -0.2) is 0 Å². The maximum absolute atomic E-state index is 12.0. The minimum atomic E-state index is -0.428. The zero-order valence-corrected chi connectivity index (χ0v) is 11.9. The first-order valence-electron chi connectivity index (χ1n) is 7.45. The molecule has 2 atom stereocenters. The number of ether oxygens (including phenoxy) is 1. The standard InChI is InChI=1S/C14H20N4O3/c19-13-5-4-12(17-13)14(20)16-10-7-15-18(8-10)9-11-3-1-2-6-21-11/h7-8,11-12H,1-6,9H2,(H,16,20)(H,17,19)/t11-,12-/m1/s1. The first-order valence-corrected chi connectivity index (χ1v) is 7.45. The third-order valence-corrected chi connectivity index (χ3v) is 3.88. The third kappa shape index (κ3) is 3.60. The molecule has 0 aromatic carbocycles. The van der Waals surface area contributed by atoms with Crippen LogP contribution in [0.4, 0.5) is 5.69 Å². The van der Waals surface area contributed by atoms with Crippen LogP contribution in [0.5, 0.6) is 0 Å². The number of carbonyl (C=O) groups excluding carboxylic acids is 2. The summed E-state index contributed by atoms with van der Waals surface area (Å²) in [5.74, 6) is -0.255. The second-order valence-electron chi connectivity index (χ2n) is 5.59. The first kappa shape index (κ1) is 14.1. The molecule has 21 heavy (non-hydrogen) atoms. The van der Waals surface area contributed by atoms with Crippen LogP contribution in [0.3, 0.4) is 0 Å². The zero-order valence-electron chi connectivity index (χ0n) is 11.9. The predicted octanol–water partition coefficient (Wildman–Crippen LogP) is 0.669. The van der Waals surface area contributed by atoms with Crippen LogP contribution >= 0.6 is 0 Å². The van der Waals surface area contributed by atoms with Crippen LogP contribution in [0.25, 0.3) is 0 Å². The van der Waals surface area contributed by atoms with Crippen LogP contribution < -0.4 is 10.6 Å². The Balaban J connectivity index is 1.52. The van der Waals surface area contributed by atoms with E-state index in [2.05, 4.69) is 15.7 Å². The van der Waals surface area contributed by atoms with E-state index < -0.39 is 6.04 Å². The molecule has 0 saturated carbocycles. The quantitative estimate of drug-likeness (QED) is 0.854. The molecule has 2 fully saturated rings. The van der Waals surface area contributed by atoms with E-state index in [0.717, 1.165) is 19.4 Å². The summed E-state index contributed by atoms with van der Waals surface area (Å²) in [6.07, 6.45) is 7.96. The Labute approximate surface area is 123 Å². The number of nitrogens with zero attached hydrogens (tertiary/aromatic N) is 2. The van der Waals surface area contributed by atoms with Gasteiger partial charge in [0.2, 0.25) is 11.8 Å². The van der Waals surface area contributed by atoms with E-state index in [0.29, 0.717) is 25.1 Å². The fourth-order valence-electron chi connectivity index (χ4n) is 2.73. The Morgan fingerprint density at radius 1 is 1.48 bits per heavy atom. The van der Waals surface area contributed by atoms with Crippen molar-refractivity contribution >= 4 is 17.5 Å². The molecule has 3 heterocycles. The van der Waals surface area contributed by atoms with E-state index >= 15 is 0 Å². The molecule has 2 aliphatic rings. The summed E-state index contributed by atoms with van der Waals surface area (Å²) in [6, 6.07) is -0.428. The van der Waals surface area contributed by atoms with Crippen molar-refractivity contribution in [1.82, 2.24) is 15.1 Å². The van der Waals surface area contributed by atoms with Gasteiger partial charge in [0.15, 0.2) is 0 Å². The molecule has 0 bridgehead atoms. The lowest BCUT2D eigenvalue weighted by Crippen LogP contribution is -2.37. The molecule has 0 aliphatic carbocycles. The molecule has 114 valence electrons. The summed E-state index contributed by atoms with van der Waals surface area (Å²) >= 11 is 0. The first-order chi connectivity index (χ1) is 10.2. The fraction of sp³-hybridized carbons (Fsp3) is 0.643. The van der Waals surface area contributed by atoms with Gasteiger partial charge in [0.25, 0.3) is 0 Å². The number of hydrogen-bond acceptors (Lipinski definition) is 4. The molecule has 2 saturated heterocycles. The Hall–Kier alpha value is -1.89. The highest BCUT2D eigenvalue weighted by Crippen LogP contribution is 2.16. The minimum Gasteiger partial charge on any atom is -0.376 e. The van der Waals surface area contributed by atoms with Gasteiger partial charge in [-0.3, -0.25) is 14.3 Å². The average molecular weight is 292 g/mol. The molecule has 7 nitrogen and oxygen atoms in total. The van der Waals surface area contributed by atoms with Crippen molar-refractivity contribution in [2.45, 2.75) is 50.8 Å². The highest BCUT2D eigenvalue weighted by molar-refractivity contribution is 5.98. The van der Waals surface area contributed by atoms with Gasteiger partial charge in [0.1, 0.15) is 6.04 Å². The van der Waals surface area contributed by atoms with Crippen LogP contribution in [0.1, 0.15) is 32.1 Å². The number of nitrogens with one attached hydrogen (secondary N) is 2. The molecule has 1 aromatic rings. The summed E-state index contributed by atoms with van der Waals surface area (Å²) < 4.78 is 7.46. The van der Waals surface area contributed by atoms with Crippen molar-refractivity contribution in [3.8, 4) is 0 Å². The number of aromatic nitrogens is 2. The van der Waals surface area contributed by atoms with E-state index in [1.165, 1.54) is 6.42 Å². The number of rotatable bonds is 4. The average Bonchev–Trinajstić information content (AvgIpc) is 3.09. The molecule has 1 aromatic heterocycles. The van der Waals surface area contributed by atoms with Crippen molar-refractivity contribution in [3.63, 3.8) is 0 Å². The lowest BCUT2D eigenvalue weighted by molar-refractivity contribution is -0.122. The highest BCUT2D eigenvalue weighted by atomic mass is 16.5. The zero-order chi connectivity index (χ0) is 14.7. The van der Waals surface area contributed by atoms with Crippen molar-refractivity contribution in [2.75, 3.05) is 11.9 Å². The van der Waals surface area contributed by atoms with Crippen molar-refractivity contribution < 1.29 is 14.3 Å². The van der Waals surface area contributed by atoms with Crippen molar-refractivity contribution in [1.29, 1.82) is 0 Å². The maximum atomic E-state index is 12.0. The van der Waals surface area contributed by atoms with E-state index in [-0.39, 0.29) is 17.9 Å². The number of carbonyl (C=O) groups is 2. The lowest BCUT2D eigenvalue weighted by Gasteiger charge is -2.22. The van der Waals surface area contributed by atoms with Gasteiger partial charge in [-0.15, -0.1) is 0 Å². The van der Waals surface area contributed by atoms with Crippen LogP contribution in [0.15, 0.2) is 12.4 Å². The third-order valence-electron chi connectivity index (χ3n) is 3.88. The van der Waals surface area contributed by atoms with E-state index in [4.69, 9.17) is 4.74 Å². The molecule has 7 heteroatoms. The van der Waals surface area contributed by atoms with Crippen molar-refractivity contribution in [3.05, 3.63) is 12.4 Å². The molecule has 0 radical (unpaired) electrons. The van der Waals surface area contributed by atoms with Gasteiger partial charge in [-0.05, 0) is 25.7 Å². The Morgan fingerprint density at radius 2 is 2.38 bits per heavy atom. The molecular weight excluding hydrogens is 272 g/mol. The van der Waals surface area contributed by atoms with E-state index in [1.807, 2.05) is 0 Å². The predicted molar refractivity (Wildman–Crippen MR) is 75.6 cm³/mol. The summed E-state index contributed by atoms with van der Waals surface area (Å²) in [4.78, 5) is 23.1. The molecule has 2 N–H and O–H groups in total. The number of anilines is 1. The van der Waals surface area contributed by atoms with E-state index in [9.17, 15) is 9.59 Å². The molecular formula is C14H20N4O3. The Kier molecular flexibility index (Phi) is 4.19. The smallest absolute Gasteiger partial charge is 0.247 e. The molecule has 0 unspecified atom stereocenters. The van der Waals surface area contributed by atoms with Gasteiger partial charge in [0.05, 0.1) is 24.5 Å². The van der Waals surface area contributed by atoms with Crippen molar-refractivity contribution in [2.24, 2.45) is 0 Å². The fourth-order valence-corrected chi connectivity index (χ4v) is 2.73. The van der Waals surface area contributed by atoms with E-state index in [1.54, 1.807) is 17.1 Å². The molecule has 3 rings (SSSR count). The summed E-state index contributed by atoms with van der Waals surface area (Å²) in [6.45, 7) is 1.52. The Morgan fingerprint density at radius 3 is 3.10 bits per heavy atom. The van der Waals surface area contributed by atoms with Crippen LogP contribution in [0.2, 0.25) is 0 Å². The molecule has 0 spiro atoms. The van der Waals surface area contributed by atoms with Gasteiger partial charge in [-0.2, -0.15) is 5.10 Å². The highest BCUT2D eigenvalue weighted by Gasteiger charge is 2.27. The normalized spacial score (nSPS) is 25.6. The van der Waals surface area contributed by atoms with Crippen LogP contribution in [-0.4, -0.2) is 40.3 Å². The van der Waals surface area contributed by atoms with Gasteiger partial charge >= 0.3 is 0 Å². The topological polar surface area (TPSA) is 85.2 Å². The second kappa shape index (κ2) is 6.26. The minimum absolute atomic E-state index is 0.0692. The monoisotopic (exact) mass is 292 g/mol. The number of hydrogen-bond donors (Lipinski definition) is 2. The summed E-state index contributed by atoms with van der Waals surface area (Å²) in [7, 11) is 0. The van der Waals surface area contributed by atoms with Gasteiger partial charge < -0.3 is 15.4 Å². The second-order valence-corrected chi connectivity index (χ2v) is 5.59. The SMILES string of the molecule is O=C1CC[C@H](C(=O)Nc2cnn(C[C@H]3CCCCO3)c2)N1. The number of amides is 2. The van der Waals surface area contributed by atoms with Crippen LogP contribution in [0, 0.1) is 0 Å². The lowest BCUT2D eigenvalue weighted by atomic mass is 10.1. The maximum Gasteiger partial charge on any atom is 0.247 e. The summed E-state index contributed by atoms with van der Waals surface area (Å²) in [5.41, 5.74) is 0.650. The van der Waals surface area contributed by atoms with Gasteiger partial charge in [0, 0.05) is 19.2 Å². The van der Waals surface area contributed by atoms with Crippen LogP contribution in [-0.2, 0) is 20.9 Å². The largest absolute Gasteiger partial charge is 0.376 e. The van der Waals surface area contributed by atoms with Gasteiger partial charge in [-0.1, -0.05) is 0 Å². The Bertz CT molecular complexity index is 522. The molecule has 2 aliphatic heterocycles.